The van der Waals surface area contributed by atoms with E-state index in [1.54, 1.807) is 0 Å². The summed E-state index contributed by atoms with van der Waals surface area (Å²) in [4.78, 5) is 27.5. The van der Waals surface area contributed by atoms with E-state index < -0.39 is 10.0 Å². The molecular formula is C17H23N3O4S. The number of amides is 2. The van der Waals surface area contributed by atoms with E-state index in [2.05, 4.69) is 11.8 Å². The second-order valence-electron chi connectivity index (χ2n) is 6.31. The Hall–Kier alpha value is -1.77. The molecule has 7 nitrogen and oxygen atoms in total. The monoisotopic (exact) mass is 365 g/mol. The predicted molar refractivity (Wildman–Crippen MR) is 93.7 cm³/mol. The zero-order valence-corrected chi connectivity index (χ0v) is 15.2. The summed E-state index contributed by atoms with van der Waals surface area (Å²) in [5, 5.41) is 0. The Kier molecular flexibility index (Phi) is 5.21. The molecule has 0 unspecified atom stereocenters. The average Bonchev–Trinajstić information content (AvgIpc) is 2.62. The number of carbonyl (C=O) groups is 2. The Morgan fingerprint density at radius 2 is 1.48 bits per heavy atom. The van der Waals surface area contributed by atoms with Crippen LogP contribution in [0.1, 0.15) is 26.2 Å². The Morgan fingerprint density at radius 3 is 2.00 bits per heavy atom. The number of piperidine rings is 1. The third kappa shape index (κ3) is 3.61. The predicted octanol–water partition coefficient (Wildman–Crippen LogP) is 1.06. The van der Waals surface area contributed by atoms with Gasteiger partial charge in [-0.15, -0.1) is 0 Å². The van der Waals surface area contributed by atoms with Crippen LogP contribution in [0, 0.1) is 0 Å². The third-order valence-corrected chi connectivity index (χ3v) is 6.70. The first-order valence-electron chi connectivity index (χ1n) is 8.62. The van der Waals surface area contributed by atoms with Crippen molar-refractivity contribution in [2.45, 2.75) is 31.1 Å². The van der Waals surface area contributed by atoms with Gasteiger partial charge in [0.2, 0.25) is 21.8 Å². The maximum Gasteiger partial charge on any atom is 0.243 e. The Balaban J connectivity index is 1.77. The second-order valence-corrected chi connectivity index (χ2v) is 8.25. The highest BCUT2D eigenvalue weighted by atomic mass is 32.2. The van der Waals surface area contributed by atoms with E-state index in [1.165, 1.54) is 28.6 Å². The molecule has 1 aromatic carbocycles. The van der Waals surface area contributed by atoms with Crippen molar-refractivity contribution in [1.29, 1.82) is 0 Å². The summed E-state index contributed by atoms with van der Waals surface area (Å²) in [5.74, 6) is -0.468. The number of nitrogens with zero attached hydrogens (tertiary/aromatic N) is 3. The van der Waals surface area contributed by atoms with Gasteiger partial charge in [0.25, 0.3) is 0 Å². The maximum absolute atomic E-state index is 12.8. The summed E-state index contributed by atoms with van der Waals surface area (Å²) < 4.78 is 27.0. The number of hydrogen-bond acceptors (Lipinski definition) is 5. The number of imide groups is 1. The molecular weight excluding hydrogens is 342 g/mol. The first-order valence-corrected chi connectivity index (χ1v) is 10.1. The van der Waals surface area contributed by atoms with Crippen molar-refractivity contribution in [3.63, 3.8) is 0 Å². The van der Waals surface area contributed by atoms with Gasteiger partial charge in [-0.1, -0.05) is 6.92 Å². The van der Waals surface area contributed by atoms with Crippen LogP contribution in [0.15, 0.2) is 29.2 Å². The molecule has 2 aliphatic heterocycles. The lowest BCUT2D eigenvalue weighted by Gasteiger charge is -2.33. The van der Waals surface area contributed by atoms with Gasteiger partial charge in [0.05, 0.1) is 10.6 Å². The number of hydrogen-bond donors (Lipinski definition) is 0. The van der Waals surface area contributed by atoms with Crippen LogP contribution in [-0.4, -0.2) is 62.2 Å². The van der Waals surface area contributed by atoms with Crippen molar-refractivity contribution >= 4 is 27.5 Å². The molecule has 0 aromatic heterocycles. The van der Waals surface area contributed by atoms with Crippen molar-refractivity contribution in [3.05, 3.63) is 24.3 Å². The molecule has 0 bridgehead atoms. The van der Waals surface area contributed by atoms with Gasteiger partial charge >= 0.3 is 0 Å². The molecule has 2 amide bonds. The molecule has 8 heteroatoms. The number of likely N-dealkylation sites (N-methyl/N-ethyl adjacent to an activating group) is 1. The van der Waals surface area contributed by atoms with Crippen LogP contribution in [0.25, 0.3) is 0 Å². The molecule has 2 heterocycles. The van der Waals surface area contributed by atoms with Crippen LogP contribution in [0.3, 0.4) is 0 Å². The number of anilines is 1. The molecule has 2 saturated heterocycles. The van der Waals surface area contributed by atoms with Crippen LogP contribution < -0.4 is 4.90 Å². The minimum Gasteiger partial charge on any atom is -0.301 e. The zero-order chi connectivity index (χ0) is 18.0. The average molecular weight is 365 g/mol. The van der Waals surface area contributed by atoms with Gasteiger partial charge in [0.15, 0.2) is 0 Å². The largest absolute Gasteiger partial charge is 0.301 e. The first kappa shape index (κ1) is 18.0. The minimum absolute atomic E-state index is 0.193. The molecule has 0 N–H and O–H groups in total. The highest BCUT2D eigenvalue weighted by molar-refractivity contribution is 7.89. The Labute approximate surface area is 148 Å². The smallest absolute Gasteiger partial charge is 0.243 e. The number of sulfonamides is 1. The summed E-state index contributed by atoms with van der Waals surface area (Å²) in [5.41, 5.74) is 0.435. The summed E-state index contributed by atoms with van der Waals surface area (Å²) in [6.07, 6.45) is 1.26. The molecule has 0 radical (unpaired) electrons. The van der Waals surface area contributed by atoms with Crippen molar-refractivity contribution in [3.8, 4) is 0 Å². The van der Waals surface area contributed by atoms with E-state index in [9.17, 15) is 18.0 Å². The van der Waals surface area contributed by atoms with E-state index in [0.717, 1.165) is 24.5 Å². The van der Waals surface area contributed by atoms with Crippen molar-refractivity contribution < 1.29 is 18.0 Å². The van der Waals surface area contributed by atoms with Gasteiger partial charge in [-0.3, -0.25) is 14.5 Å². The van der Waals surface area contributed by atoms with E-state index in [4.69, 9.17) is 0 Å². The summed E-state index contributed by atoms with van der Waals surface area (Å²) in [6.45, 7) is 5.38. The van der Waals surface area contributed by atoms with Crippen molar-refractivity contribution in [2.75, 3.05) is 37.6 Å². The lowest BCUT2D eigenvalue weighted by molar-refractivity contribution is -0.129. The topological polar surface area (TPSA) is 78.0 Å². The quantitative estimate of drug-likeness (QED) is 0.746. The van der Waals surface area contributed by atoms with Crippen LogP contribution in [0.5, 0.6) is 0 Å². The van der Waals surface area contributed by atoms with E-state index in [1.807, 2.05) is 0 Å². The van der Waals surface area contributed by atoms with Gasteiger partial charge in [-0.25, -0.2) is 8.42 Å². The van der Waals surface area contributed by atoms with Gasteiger partial charge < -0.3 is 4.90 Å². The lowest BCUT2D eigenvalue weighted by atomic mass is 10.1. The fraction of sp³-hybridized carbons (Fsp3) is 0.529. The molecule has 0 spiro atoms. The summed E-state index contributed by atoms with van der Waals surface area (Å²) in [7, 11) is -3.55. The van der Waals surface area contributed by atoms with Gasteiger partial charge in [0, 0.05) is 39.0 Å². The number of benzene rings is 1. The van der Waals surface area contributed by atoms with E-state index in [-0.39, 0.29) is 16.7 Å². The molecule has 0 atom stereocenters. The van der Waals surface area contributed by atoms with Crippen molar-refractivity contribution in [1.82, 2.24) is 9.21 Å². The SMILES string of the molecule is CCN1CCN(S(=O)(=O)c2ccc(N3C(=O)CCCC3=O)cc2)CC1. The Bertz CT molecular complexity index is 737. The van der Waals surface area contributed by atoms with Crippen LogP contribution >= 0.6 is 0 Å². The first-order chi connectivity index (χ1) is 11.9. The van der Waals surface area contributed by atoms with Crippen LogP contribution in [0.2, 0.25) is 0 Å². The van der Waals surface area contributed by atoms with E-state index >= 15 is 0 Å². The van der Waals surface area contributed by atoms with Gasteiger partial charge in [-0.05, 0) is 37.2 Å². The maximum atomic E-state index is 12.8. The Morgan fingerprint density at radius 1 is 0.920 bits per heavy atom. The highest BCUT2D eigenvalue weighted by Crippen LogP contribution is 2.25. The molecule has 0 saturated carbocycles. The molecule has 3 rings (SSSR count). The van der Waals surface area contributed by atoms with Crippen LogP contribution in [0.4, 0.5) is 5.69 Å². The molecule has 1 aromatic rings. The van der Waals surface area contributed by atoms with Crippen molar-refractivity contribution in [2.24, 2.45) is 0 Å². The summed E-state index contributed by atoms with van der Waals surface area (Å²) >= 11 is 0. The fourth-order valence-electron chi connectivity index (χ4n) is 3.24. The number of rotatable bonds is 4. The van der Waals surface area contributed by atoms with Gasteiger partial charge in [-0.2, -0.15) is 4.31 Å². The molecule has 2 aliphatic rings. The molecule has 2 fully saturated rings. The molecule has 0 aliphatic carbocycles. The normalized spacial score (nSPS) is 20.9. The van der Waals surface area contributed by atoms with Crippen LogP contribution in [-0.2, 0) is 19.6 Å². The standard InChI is InChI=1S/C17H23N3O4S/c1-2-18-10-12-19(13-11-18)25(23,24)15-8-6-14(7-9-15)20-16(21)4-3-5-17(20)22/h6-9H,2-5,10-13H2,1H3. The lowest BCUT2D eigenvalue weighted by Crippen LogP contribution is -2.48. The number of piperazine rings is 1. The number of carbonyl (C=O) groups excluding carboxylic acids is 2. The highest BCUT2D eigenvalue weighted by Gasteiger charge is 2.30. The molecule has 136 valence electrons. The fourth-order valence-corrected chi connectivity index (χ4v) is 4.67. The minimum atomic E-state index is -3.55. The van der Waals surface area contributed by atoms with Gasteiger partial charge in [0.1, 0.15) is 0 Å². The molecule has 25 heavy (non-hydrogen) atoms. The third-order valence-electron chi connectivity index (χ3n) is 4.79. The second kappa shape index (κ2) is 7.23. The summed E-state index contributed by atoms with van der Waals surface area (Å²) in [6, 6.07) is 6.03. The zero-order valence-electron chi connectivity index (χ0n) is 14.3. The van der Waals surface area contributed by atoms with E-state index in [0.29, 0.717) is 38.0 Å².